The third-order valence-electron chi connectivity index (χ3n) is 7.08. The van der Waals surface area contributed by atoms with Crippen molar-refractivity contribution in [2.75, 3.05) is 30.4 Å². The average Bonchev–Trinajstić information content (AvgIpc) is 3.61. The van der Waals surface area contributed by atoms with Crippen molar-refractivity contribution in [2.45, 2.75) is 26.4 Å². The molecule has 0 saturated carbocycles. The Labute approximate surface area is 227 Å². The van der Waals surface area contributed by atoms with Crippen molar-refractivity contribution in [2.24, 2.45) is 5.92 Å². The highest BCUT2D eigenvalue weighted by Gasteiger charge is 2.29. The highest BCUT2D eigenvalue weighted by Crippen LogP contribution is 2.34. The fraction of sp³-hybridized carbons (Fsp3) is 0.258. The number of carbonyl (C=O) groups excluding carboxylic acids is 2. The lowest BCUT2D eigenvalue weighted by atomic mass is 10.0. The summed E-state index contributed by atoms with van der Waals surface area (Å²) in [5, 5.41) is 6.85. The molecule has 3 aromatic carbocycles. The van der Waals surface area contributed by atoms with Gasteiger partial charge in [-0.1, -0.05) is 71.9 Å². The predicted molar refractivity (Wildman–Crippen MR) is 149 cm³/mol. The Balaban J connectivity index is 1.25. The molecule has 39 heavy (non-hydrogen) atoms. The Bertz CT molecular complexity index is 1430. The van der Waals surface area contributed by atoms with Crippen LogP contribution in [0.1, 0.15) is 30.7 Å². The quantitative estimate of drug-likeness (QED) is 0.271. The zero-order valence-corrected chi connectivity index (χ0v) is 22.2. The minimum absolute atomic E-state index is 0.0737. The van der Waals surface area contributed by atoms with Gasteiger partial charge in [-0.05, 0) is 49.1 Å². The molecule has 8 heteroatoms. The van der Waals surface area contributed by atoms with Gasteiger partial charge in [0.2, 0.25) is 0 Å². The van der Waals surface area contributed by atoms with Crippen LogP contribution in [0.15, 0.2) is 83.4 Å². The third-order valence-corrected chi connectivity index (χ3v) is 7.08. The van der Waals surface area contributed by atoms with Gasteiger partial charge in [-0.25, -0.2) is 4.79 Å². The van der Waals surface area contributed by atoms with E-state index in [-0.39, 0.29) is 11.9 Å². The van der Waals surface area contributed by atoms with E-state index in [0.29, 0.717) is 23.7 Å². The first kappa shape index (κ1) is 26.0. The SMILES string of the molecule is COC(=O)[C@H]1CCN(c2ccc(-c3ccc(-c4onc(C)c4NC(=O)O[C@H](C)c4ccccc4)cc3)cc2)C1. The number of rotatable bonds is 7. The lowest BCUT2D eigenvalue weighted by Crippen LogP contribution is -2.23. The van der Waals surface area contributed by atoms with Crippen molar-refractivity contribution in [1.29, 1.82) is 0 Å². The largest absolute Gasteiger partial charge is 0.469 e. The number of esters is 1. The third kappa shape index (κ3) is 5.80. The molecule has 0 bridgehead atoms. The van der Waals surface area contributed by atoms with Crippen molar-refractivity contribution < 1.29 is 23.6 Å². The van der Waals surface area contributed by atoms with Gasteiger partial charge >= 0.3 is 12.1 Å². The Morgan fingerprint density at radius 2 is 1.62 bits per heavy atom. The van der Waals surface area contributed by atoms with Gasteiger partial charge in [-0.15, -0.1) is 0 Å². The van der Waals surface area contributed by atoms with Crippen LogP contribution in [-0.4, -0.2) is 37.4 Å². The molecule has 1 aliphatic rings. The summed E-state index contributed by atoms with van der Waals surface area (Å²) in [6.45, 7) is 5.10. The number of nitrogens with zero attached hydrogens (tertiary/aromatic N) is 2. The second-order valence-corrected chi connectivity index (χ2v) is 9.63. The molecule has 0 unspecified atom stereocenters. The monoisotopic (exact) mass is 525 g/mol. The Hall–Kier alpha value is -4.59. The topological polar surface area (TPSA) is 93.9 Å². The molecular formula is C31H31N3O5. The second kappa shape index (κ2) is 11.4. The van der Waals surface area contributed by atoms with Crippen molar-refractivity contribution in [1.82, 2.24) is 5.16 Å². The molecule has 1 aromatic heterocycles. The van der Waals surface area contributed by atoms with Crippen LogP contribution in [0.3, 0.4) is 0 Å². The molecule has 8 nitrogen and oxygen atoms in total. The van der Waals surface area contributed by atoms with Crippen LogP contribution in [0.25, 0.3) is 22.5 Å². The number of anilines is 2. The van der Waals surface area contributed by atoms with Crippen molar-refractivity contribution in [3.05, 3.63) is 90.1 Å². The summed E-state index contributed by atoms with van der Waals surface area (Å²) in [6, 6.07) is 25.7. The first-order valence-electron chi connectivity index (χ1n) is 13.0. The predicted octanol–water partition coefficient (Wildman–Crippen LogP) is 6.63. The van der Waals surface area contributed by atoms with Gasteiger partial charge in [0, 0.05) is 24.3 Å². The van der Waals surface area contributed by atoms with E-state index in [1.165, 1.54) is 7.11 Å². The van der Waals surface area contributed by atoms with Crippen LogP contribution in [0.4, 0.5) is 16.2 Å². The molecule has 0 aliphatic carbocycles. The summed E-state index contributed by atoms with van der Waals surface area (Å²) in [5.74, 6) is 0.247. The summed E-state index contributed by atoms with van der Waals surface area (Å²) in [4.78, 5) is 26.7. The van der Waals surface area contributed by atoms with E-state index in [2.05, 4.69) is 39.6 Å². The van der Waals surface area contributed by atoms with Crippen LogP contribution in [-0.2, 0) is 14.3 Å². The molecule has 1 saturated heterocycles. The maximum atomic E-state index is 12.6. The van der Waals surface area contributed by atoms with Crippen LogP contribution >= 0.6 is 0 Å². The summed E-state index contributed by atoms with van der Waals surface area (Å²) >= 11 is 0. The number of methoxy groups -OCH3 is 1. The highest BCUT2D eigenvalue weighted by atomic mass is 16.6. The van der Waals surface area contributed by atoms with Crippen LogP contribution in [0.2, 0.25) is 0 Å². The zero-order valence-electron chi connectivity index (χ0n) is 22.2. The number of aromatic nitrogens is 1. The molecule has 2 atom stereocenters. The first-order chi connectivity index (χ1) is 18.9. The van der Waals surface area contributed by atoms with Gasteiger partial charge in [0.1, 0.15) is 17.5 Å². The molecule has 0 radical (unpaired) electrons. The van der Waals surface area contributed by atoms with E-state index in [9.17, 15) is 9.59 Å². The number of benzene rings is 3. The number of hydrogen-bond acceptors (Lipinski definition) is 7. The van der Waals surface area contributed by atoms with E-state index in [0.717, 1.165) is 40.9 Å². The van der Waals surface area contributed by atoms with Crippen molar-refractivity contribution in [3.63, 3.8) is 0 Å². The minimum Gasteiger partial charge on any atom is -0.469 e. The standard InChI is InChI=1S/C31H31N3O5/c1-20-28(32-31(36)38-21(2)22-7-5-4-6-8-22)29(39-33-20)25-11-9-23(10-12-25)24-13-15-27(16-14-24)34-18-17-26(19-34)30(35)37-3/h4-16,21,26H,17-19H2,1-3H3,(H,32,36)/t21-,26+/m1/s1. The summed E-state index contributed by atoms with van der Waals surface area (Å²) < 4.78 is 16.0. The van der Waals surface area contributed by atoms with Gasteiger partial charge in [0.25, 0.3) is 0 Å². The Kier molecular flexibility index (Phi) is 7.63. The van der Waals surface area contributed by atoms with Crippen molar-refractivity contribution in [3.8, 4) is 22.5 Å². The summed E-state index contributed by atoms with van der Waals surface area (Å²) in [6.07, 6.45) is -0.177. The normalized spacial score (nSPS) is 15.6. The van der Waals surface area contributed by atoms with E-state index in [4.69, 9.17) is 14.0 Å². The summed E-state index contributed by atoms with van der Waals surface area (Å²) in [5.41, 5.74) is 5.93. The van der Waals surface area contributed by atoms with Crippen LogP contribution < -0.4 is 10.2 Å². The first-order valence-corrected chi connectivity index (χ1v) is 13.0. The molecule has 1 aliphatic heterocycles. The second-order valence-electron chi connectivity index (χ2n) is 9.63. The Morgan fingerprint density at radius 1 is 0.974 bits per heavy atom. The zero-order chi connectivity index (χ0) is 27.4. The number of aryl methyl sites for hydroxylation is 1. The number of carbonyl (C=O) groups is 2. The van der Waals surface area contributed by atoms with Gasteiger partial charge in [0.15, 0.2) is 5.76 Å². The van der Waals surface area contributed by atoms with Crippen molar-refractivity contribution >= 4 is 23.4 Å². The molecule has 5 rings (SSSR count). The van der Waals surface area contributed by atoms with Crippen LogP contribution in [0, 0.1) is 12.8 Å². The average molecular weight is 526 g/mol. The molecule has 1 N–H and O–H groups in total. The molecule has 2 heterocycles. The van der Waals surface area contributed by atoms with E-state index < -0.39 is 12.2 Å². The van der Waals surface area contributed by atoms with E-state index in [1.54, 1.807) is 6.92 Å². The van der Waals surface area contributed by atoms with Gasteiger partial charge < -0.3 is 18.9 Å². The Morgan fingerprint density at radius 3 is 2.28 bits per heavy atom. The summed E-state index contributed by atoms with van der Waals surface area (Å²) in [7, 11) is 1.44. The fourth-order valence-electron chi connectivity index (χ4n) is 4.83. The minimum atomic E-state index is -0.577. The molecule has 1 fully saturated rings. The van der Waals surface area contributed by atoms with E-state index >= 15 is 0 Å². The number of nitrogens with one attached hydrogen (secondary N) is 1. The molecular weight excluding hydrogens is 494 g/mol. The lowest BCUT2D eigenvalue weighted by Gasteiger charge is -2.18. The highest BCUT2D eigenvalue weighted by molar-refractivity contribution is 5.91. The lowest BCUT2D eigenvalue weighted by molar-refractivity contribution is -0.144. The smallest absolute Gasteiger partial charge is 0.412 e. The van der Waals surface area contributed by atoms with Crippen LogP contribution in [0.5, 0.6) is 0 Å². The molecule has 1 amide bonds. The molecule has 0 spiro atoms. The number of amides is 1. The van der Waals surface area contributed by atoms with Gasteiger partial charge in [-0.3, -0.25) is 10.1 Å². The maximum Gasteiger partial charge on any atom is 0.412 e. The number of hydrogen-bond donors (Lipinski definition) is 1. The molecule has 200 valence electrons. The van der Waals surface area contributed by atoms with E-state index in [1.807, 2.05) is 61.5 Å². The fourth-order valence-corrected chi connectivity index (χ4v) is 4.83. The number of ether oxygens (including phenoxy) is 2. The maximum absolute atomic E-state index is 12.6. The van der Waals surface area contributed by atoms with Gasteiger partial charge in [-0.2, -0.15) is 0 Å². The molecule has 4 aromatic rings. The van der Waals surface area contributed by atoms with Gasteiger partial charge in [0.05, 0.1) is 13.0 Å².